The maximum absolute atomic E-state index is 10.6. The average Bonchev–Trinajstić information content (AvgIpc) is 2.30. The molecule has 1 unspecified atom stereocenters. The minimum absolute atomic E-state index is 0.396. The molecule has 0 bridgehead atoms. The van der Waals surface area contributed by atoms with Gasteiger partial charge in [-0.2, -0.15) is 5.10 Å². The molecule has 0 aromatic carbocycles. The maximum atomic E-state index is 10.6. The van der Waals surface area contributed by atoms with Gasteiger partial charge in [-0.15, -0.1) is 0 Å². The molecule has 1 rings (SSSR count). The molecule has 0 aliphatic rings. The summed E-state index contributed by atoms with van der Waals surface area (Å²) in [7, 11) is 1.67. The fourth-order valence-corrected chi connectivity index (χ4v) is 1.35. The van der Waals surface area contributed by atoms with Gasteiger partial charge in [0, 0.05) is 7.05 Å². The number of carboxylic acid groups (broad SMARTS) is 1. The van der Waals surface area contributed by atoms with Crippen molar-refractivity contribution in [2.75, 3.05) is 0 Å². The van der Waals surface area contributed by atoms with Crippen molar-refractivity contribution < 1.29 is 9.90 Å². The molecule has 1 atom stereocenters. The van der Waals surface area contributed by atoms with E-state index in [1.807, 2.05) is 0 Å². The highest BCUT2D eigenvalue weighted by atomic mass is 35.5. The van der Waals surface area contributed by atoms with Gasteiger partial charge in [0.1, 0.15) is 0 Å². The van der Waals surface area contributed by atoms with Gasteiger partial charge in [-0.05, 0) is 6.92 Å². The molecule has 0 fully saturated rings. The summed E-state index contributed by atoms with van der Waals surface area (Å²) in [5.41, 5.74) is 0.532. The fourth-order valence-electron chi connectivity index (χ4n) is 1.02. The number of hydrogen-bond acceptors (Lipinski definition) is 2. The lowest BCUT2D eigenvalue weighted by Crippen LogP contribution is -2.12. The van der Waals surface area contributed by atoms with E-state index < -0.39 is 11.9 Å². The van der Waals surface area contributed by atoms with Gasteiger partial charge < -0.3 is 5.11 Å². The highest BCUT2D eigenvalue weighted by Crippen LogP contribution is 2.23. The molecular formula is C7H9ClN2O2. The topological polar surface area (TPSA) is 55.1 Å². The number of nitrogens with zero attached hydrogens (tertiary/aromatic N) is 2. The smallest absolute Gasteiger partial charge is 0.312 e. The Kier molecular flexibility index (Phi) is 2.38. The molecule has 0 amide bonds. The average molecular weight is 189 g/mol. The van der Waals surface area contributed by atoms with Crippen LogP contribution in [0.25, 0.3) is 0 Å². The van der Waals surface area contributed by atoms with E-state index in [0.717, 1.165) is 0 Å². The first-order valence-corrected chi connectivity index (χ1v) is 3.82. The minimum Gasteiger partial charge on any atom is -0.481 e. The van der Waals surface area contributed by atoms with Gasteiger partial charge >= 0.3 is 5.97 Å². The lowest BCUT2D eigenvalue weighted by atomic mass is 10.1. The zero-order chi connectivity index (χ0) is 9.30. The number of hydrogen-bond donors (Lipinski definition) is 1. The molecule has 1 aromatic heterocycles. The van der Waals surface area contributed by atoms with Gasteiger partial charge in [0.15, 0.2) is 0 Å². The predicted molar refractivity (Wildman–Crippen MR) is 44.3 cm³/mol. The van der Waals surface area contributed by atoms with Crippen LogP contribution in [-0.4, -0.2) is 20.9 Å². The molecule has 1 N–H and O–H groups in total. The van der Waals surface area contributed by atoms with Crippen molar-refractivity contribution in [2.45, 2.75) is 12.8 Å². The van der Waals surface area contributed by atoms with Gasteiger partial charge in [0.05, 0.1) is 22.8 Å². The normalized spacial score (nSPS) is 12.9. The Morgan fingerprint density at radius 2 is 2.42 bits per heavy atom. The molecule has 0 spiro atoms. The van der Waals surface area contributed by atoms with Gasteiger partial charge in [-0.1, -0.05) is 11.6 Å². The van der Waals surface area contributed by atoms with Crippen LogP contribution in [-0.2, 0) is 11.8 Å². The number of aromatic nitrogens is 2. The lowest BCUT2D eigenvalue weighted by molar-refractivity contribution is -0.138. The summed E-state index contributed by atoms with van der Waals surface area (Å²) < 4.78 is 1.47. The summed E-state index contributed by atoms with van der Waals surface area (Å²) >= 11 is 5.74. The third kappa shape index (κ3) is 1.43. The number of halogens is 1. The second kappa shape index (κ2) is 3.15. The Morgan fingerprint density at radius 1 is 1.83 bits per heavy atom. The zero-order valence-corrected chi connectivity index (χ0v) is 7.54. The van der Waals surface area contributed by atoms with E-state index in [0.29, 0.717) is 10.7 Å². The van der Waals surface area contributed by atoms with Gasteiger partial charge in [-0.3, -0.25) is 9.48 Å². The molecule has 0 saturated carbocycles. The molecule has 4 nitrogen and oxygen atoms in total. The summed E-state index contributed by atoms with van der Waals surface area (Å²) in [5.74, 6) is -1.52. The van der Waals surface area contributed by atoms with Crippen molar-refractivity contribution >= 4 is 17.6 Å². The Balaban J connectivity index is 3.08. The summed E-state index contributed by atoms with van der Waals surface area (Å²) in [6.07, 6.45) is 1.44. The molecule has 66 valence electrons. The van der Waals surface area contributed by atoms with Crippen LogP contribution in [0, 0.1) is 0 Å². The quantitative estimate of drug-likeness (QED) is 0.760. The van der Waals surface area contributed by atoms with E-state index in [2.05, 4.69) is 5.10 Å². The van der Waals surface area contributed by atoms with E-state index >= 15 is 0 Å². The summed E-state index contributed by atoms with van der Waals surface area (Å²) in [6.45, 7) is 1.57. The van der Waals surface area contributed by atoms with Crippen LogP contribution < -0.4 is 0 Å². The molecule has 1 heterocycles. The fraction of sp³-hybridized carbons (Fsp3) is 0.429. The molecule has 0 saturated heterocycles. The third-order valence-electron chi connectivity index (χ3n) is 1.72. The van der Waals surface area contributed by atoms with Crippen LogP contribution in [0.3, 0.4) is 0 Å². The molecular weight excluding hydrogens is 180 g/mol. The molecule has 12 heavy (non-hydrogen) atoms. The van der Waals surface area contributed by atoms with E-state index in [4.69, 9.17) is 16.7 Å². The first kappa shape index (κ1) is 9.06. The van der Waals surface area contributed by atoms with Crippen molar-refractivity contribution in [1.29, 1.82) is 0 Å². The van der Waals surface area contributed by atoms with E-state index in [-0.39, 0.29) is 0 Å². The Morgan fingerprint density at radius 3 is 2.75 bits per heavy atom. The second-order valence-electron chi connectivity index (χ2n) is 2.56. The van der Waals surface area contributed by atoms with Crippen LogP contribution in [0.15, 0.2) is 6.20 Å². The molecule has 1 aromatic rings. The summed E-state index contributed by atoms with van der Waals surface area (Å²) in [6, 6.07) is 0. The second-order valence-corrected chi connectivity index (χ2v) is 2.97. The van der Waals surface area contributed by atoms with Crippen molar-refractivity contribution in [1.82, 2.24) is 9.78 Å². The third-order valence-corrected chi connectivity index (χ3v) is 2.01. The number of aliphatic carboxylic acids is 1. The highest BCUT2D eigenvalue weighted by Gasteiger charge is 2.20. The zero-order valence-electron chi connectivity index (χ0n) is 6.78. The van der Waals surface area contributed by atoms with Crippen LogP contribution >= 0.6 is 11.6 Å². The molecule has 0 radical (unpaired) electrons. The van der Waals surface area contributed by atoms with E-state index in [1.54, 1.807) is 14.0 Å². The predicted octanol–water partition coefficient (Wildman–Crippen LogP) is 1.26. The van der Waals surface area contributed by atoms with Gasteiger partial charge in [0.2, 0.25) is 0 Å². The SMILES string of the molecule is CC(C(=O)O)c1c(Cl)cnn1C. The van der Waals surface area contributed by atoms with E-state index in [9.17, 15) is 4.79 Å². The lowest BCUT2D eigenvalue weighted by Gasteiger charge is -2.06. The highest BCUT2D eigenvalue weighted by molar-refractivity contribution is 6.31. The molecule has 5 heteroatoms. The molecule has 0 aliphatic heterocycles. The van der Waals surface area contributed by atoms with E-state index in [1.165, 1.54) is 10.9 Å². The van der Waals surface area contributed by atoms with Gasteiger partial charge in [0.25, 0.3) is 0 Å². The summed E-state index contributed by atoms with van der Waals surface area (Å²) in [4.78, 5) is 10.6. The Labute approximate surface area is 74.8 Å². The number of rotatable bonds is 2. The van der Waals surface area contributed by atoms with Crippen molar-refractivity contribution in [3.8, 4) is 0 Å². The monoisotopic (exact) mass is 188 g/mol. The van der Waals surface area contributed by atoms with Crippen molar-refractivity contribution in [2.24, 2.45) is 7.05 Å². The van der Waals surface area contributed by atoms with Crippen LogP contribution in [0.5, 0.6) is 0 Å². The van der Waals surface area contributed by atoms with Crippen LogP contribution in [0.1, 0.15) is 18.5 Å². The first-order valence-electron chi connectivity index (χ1n) is 3.44. The minimum atomic E-state index is -0.902. The van der Waals surface area contributed by atoms with Crippen LogP contribution in [0.2, 0.25) is 5.02 Å². The van der Waals surface area contributed by atoms with Crippen molar-refractivity contribution in [3.05, 3.63) is 16.9 Å². The van der Waals surface area contributed by atoms with Crippen LogP contribution in [0.4, 0.5) is 0 Å². The Hall–Kier alpha value is -1.03. The number of carboxylic acids is 1. The van der Waals surface area contributed by atoms with Crippen molar-refractivity contribution in [3.63, 3.8) is 0 Å². The standard InChI is InChI=1S/C7H9ClN2O2/c1-4(7(11)12)6-5(8)3-9-10(6)2/h3-4H,1-2H3,(H,11,12). The molecule has 0 aliphatic carbocycles. The largest absolute Gasteiger partial charge is 0.481 e. The maximum Gasteiger partial charge on any atom is 0.312 e. The Bertz CT molecular complexity index is 289. The number of carbonyl (C=O) groups is 1. The number of aryl methyl sites for hydroxylation is 1. The van der Waals surface area contributed by atoms with Gasteiger partial charge in [-0.25, -0.2) is 0 Å². The first-order chi connectivity index (χ1) is 5.54. The summed E-state index contributed by atoms with van der Waals surface area (Å²) in [5, 5.41) is 12.9.